The van der Waals surface area contributed by atoms with E-state index in [2.05, 4.69) is 19.6 Å². The van der Waals surface area contributed by atoms with Crippen LogP contribution < -0.4 is 5.73 Å². The molecule has 1 aliphatic rings. The average molecular weight is 386 g/mol. The first kappa shape index (κ1) is 18.6. The molecule has 3 rings (SSSR count). The van der Waals surface area contributed by atoms with Crippen LogP contribution in [-0.2, 0) is 19.4 Å². The SMILES string of the molecule is C[C@@]1(O)[C@H](O)[C@@H](COP(=O)(O)O)O[C@@]1(C#N)c1cnc2c(N)ncnn12. The fourth-order valence-electron chi connectivity index (χ4n) is 2.87. The second-order valence-corrected chi connectivity index (χ2v) is 7.09. The Hall–Kier alpha value is -2.17. The van der Waals surface area contributed by atoms with Crippen molar-refractivity contribution in [1.29, 1.82) is 5.26 Å². The molecule has 140 valence electrons. The summed E-state index contributed by atoms with van der Waals surface area (Å²) in [5.41, 5.74) is 1.38. The highest BCUT2D eigenvalue weighted by Gasteiger charge is 2.65. The van der Waals surface area contributed by atoms with Crippen LogP contribution in [0.3, 0.4) is 0 Å². The molecule has 0 spiro atoms. The third-order valence-corrected chi connectivity index (χ3v) is 4.71. The zero-order chi connectivity index (χ0) is 19.3. The fraction of sp³-hybridized carbons (Fsp3) is 0.500. The van der Waals surface area contributed by atoms with Crippen LogP contribution in [0.25, 0.3) is 5.65 Å². The van der Waals surface area contributed by atoms with Crippen LogP contribution >= 0.6 is 7.82 Å². The van der Waals surface area contributed by atoms with Gasteiger partial charge in [0.15, 0.2) is 11.5 Å². The fourth-order valence-corrected chi connectivity index (χ4v) is 3.21. The lowest BCUT2D eigenvalue weighted by atomic mass is 9.80. The number of phosphoric ester groups is 1. The Balaban J connectivity index is 2.09. The van der Waals surface area contributed by atoms with Crippen LogP contribution in [-0.4, -0.2) is 64.0 Å². The van der Waals surface area contributed by atoms with Crippen molar-refractivity contribution in [3.05, 3.63) is 18.2 Å². The molecule has 0 aliphatic carbocycles. The number of phosphoric acid groups is 1. The molecule has 0 bridgehead atoms. The average Bonchev–Trinajstić information content (AvgIpc) is 3.06. The molecule has 0 aromatic carbocycles. The van der Waals surface area contributed by atoms with Crippen molar-refractivity contribution < 1.29 is 33.8 Å². The molecule has 0 unspecified atom stereocenters. The molecule has 3 heterocycles. The number of nitrogen functional groups attached to an aromatic ring is 1. The number of nitriles is 1. The van der Waals surface area contributed by atoms with Gasteiger partial charge in [0.1, 0.15) is 35.9 Å². The maximum atomic E-state index is 10.9. The van der Waals surface area contributed by atoms with Crippen molar-refractivity contribution in [2.75, 3.05) is 12.3 Å². The maximum absolute atomic E-state index is 10.9. The molecule has 1 fully saturated rings. The minimum absolute atomic E-state index is 0.0129. The van der Waals surface area contributed by atoms with Crippen LogP contribution in [0.4, 0.5) is 5.82 Å². The lowest BCUT2D eigenvalue weighted by Crippen LogP contribution is -2.52. The predicted molar refractivity (Wildman–Crippen MR) is 82.0 cm³/mol. The number of nitrogens with two attached hydrogens (primary N) is 1. The van der Waals surface area contributed by atoms with E-state index in [-0.39, 0.29) is 17.2 Å². The van der Waals surface area contributed by atoms with Crippen LogP contribution in [0.15, 0.2) is 12.5 Å². The molecule has 13 nitrogen and oxygen atoms in total. The van der Waals surface area contributed by atoms with Crippen LogP contribution in [0.2, 0.25) is 0 Å². The molecule has 4 atom stereocenters. The molecular formula is C12H15N6O7P. The number of ether oxygens (including phenoxy) is 1. The Morgan fingerprint density at radius 2 is 2.23 bits per heavy atom. The molecule has 6 N–H and O–H groups in total. The van der Waals surface area contributed by atoms with E-state index >= 15 is 0 Å². The summed E-state index contributed by atoms with van der Waals surface area (Å²) in [6.45, 7) is 0.376. The summed E-state index contributed by atoms with van der Waals surface area (Å²) in [4.78, 5) is 25.4. The van der Waals surface area contributed by atoms with E-state index in [1.54, 1.807) is 6.07 Å². The largest absolute Gasteiger partial charge is 0.469 e. The lowest BCUT2D eigenvalue weighted by Gasteiger charge is -2.32. The Morgan fingerprint density at radius 1 is 1.54 bits per heavy atom. The number of nitrogens with zero attached hydrogens (tertiary/aromatic N) is 5. The van der Waals surface area contributed by atoms with Crippen molar-refractivity contribution >= 4 is 19.3 Å². The van der Waals surface area contributed by atoms with Gasteiger partial charge in [-0.3, -0.25) is 4.52 Å². The summed E-state index contributed by atoms with van der Waals surface area (Å²) in [5.74, 6) is 0.0129. The van der Waals surface area contributed by atoms with Crippen molar-refractivity contribution in [2.45, 2.75) is 30.3 Å². The standard InChI is InChI=1S/C12H15N6O7P/c1-11(20)8(19)6(3-24-26(21,22)23)25-12(11,4-13)7-2-15-10-9(14)16-5-17-18(7)10/h2,5-6,8,19-20H,3H2,1H3,(H2,14,16,17)(H2,21,22,23)/t6-,8-,11-,12+/m1/s1. The van der Waals surface area contributed by atoms with Gasteiger partial charge in [-0.1, -0.05) is 0 Å². The molecule has 2 aromatic rings. The van der Waals surface area contributed by atoms with Gasteiger partial charge in [0.25, 0.3) is 0 Å². The summed E-state index contributed by atoms with van der Waals surface area (Å²) >= 11 is 0. The highest BCUT2D eigenvalue weighted by molar-refractivity contribution is 7.46. The third-order valence-electron chi connectivity index (χ3n) is 4.23. The van der Waals surface area contributed by atoms with Crippen molar-refractivity contribution in [3.8, 4) is 6.07 Å². The smallest absolute Gasteiger partial charge is 0.387 e. The van der Waals surface area contributed by atoms with Gasteiger partial charge in [0, 0.05) is 0 Å². The molecule has 1 saturated heterocycles. The van der Waals surface area contributed by atoms with Gasteiger partial charge in [-0.25, -0.2) is 19.0 Å². The van der Waals surface area contributed by atoms with Crippen LogP contribution in [0.1, 0.15) is 12.6 Å². The van der Waals surface area contributed by atoms with Gasteiger partial charge in [-0.2, -0.15) is 10.4 Å². The summed E-state index contributed by atoms with van der Waals surface area (Å²) in [5, 5.41) is 34.9. The normalized spacial score (nSPS) is 32.0. The van der Waals surface area contributed by atoms with Gasteiger partial charge >= 0.3 is 7.82 Å². The number of hydrogen-bond acceptors (Lipinski definition) is 10. The van der Waals surface area contributed by atoms with Gasteiger partial charge in [0.2, 0.25) is 5.60 Å². The summed E-state index contributed by atoms with van der Waals surface area (Å²) in [6.07, 6.45) is -0.843. The van der Waals surface area contributed by atoms with Gasteiger partial charge in [-0.05, 0) is 6.92 Å². The Kier molecular flexibility index (Phi) is 4.25. The minimum atomic E-state index is -4.85. The Morgan fingerprint density at radius 3 is 2.85 bits per heavy atom. The maximum Gasteiger partial charge on any atom is 0.469 e. The second kappa shape index (κ2) is 5.93. The van der Waals surface area contributed by atoms with Crippen LogP contribution in [0.5, 0.6) is 0 Å². The minimum Gasteiger partial charge on any atom is -0.387 e. The molecule has 0 radical (unpaired) electrons. The number of aliphatic hydroxyl groups excluding tert-OH is 1. The number of aliphatic hydroxyl groups is 2. The van der Waals surface area contributed by atoms with Gasteiger partial charge < -0.3 is 30.5 Å². The number of hydrogen-bond donors (Lipinski definition) is 5. The molecule has 26 heavy (non-hydrogen) atoms. The highest BCUT2D eigenvalue weighted by atomic mass is 31.2. The zero-order valence-electron chi connectivity index (χ0n) is 13.3. The predicted octanol–water partition coefficient (Wildman–Crippen LogP) is -1.95. The van der Waals surface area contributed by atoms with E-state index in [1.807, 2.05) is 0 Å². The second-order valence-electron chi connectivity index (χ2n) is 5.85. The number of imidazole rings is 1. The molecule has 0 saturated carbocycles. The summed E-state index contributed by atoms with van der Waals surface area (Å²) in [6, 6.07) is 1.80. The quantitative estimate of drug-likeness (QED) is 0.363. The number of rotatable bonds is 4. The topological polar surface area (TPSA) is 209 Å². The monoisotopic (exact) mass is 386 g/mol. The van der Waals surface area contributed by atoms with E-state index < -0.39 is 37.8 Å². The Labute approximate surface area is 145 Å². The first-order valence-electron chi connectivity index (χ1n) is 7.18. The first-order valence-corrected chi connectivity index (χ1v) is 8.71. The van der Waals surface area contributed by atoms with E-state index in [0.29, 0.717) is 0 Å². The number of anilines is 1. The Bertz CT molecular complexity index is 936. The summed E-state index contributed by atoms with van der Waals surface area (Å²) < 4.78 is 21.9. The molecule has 0 amide bonds. The molecular weight excluding hydrogens is 371 g/mol. The molecule has 2 aromatic heterocycles. The zero-order valence-corrected chi connectivity index (χ0v) is 14.2. The molecule has 14 heteroatoms. The first-order chi connectivity index (χ1) is 12.0. The third kappa shape index (κ3) is 2.65. The van der Waals surface area contributed by atoms with E-state index in [0.717, 1.165) is 17.8 Å². The highest BCUT2D eigenvalue weighted by Crippen LogP contribution is 2.48. The van der Waals surface area contributed by atoms with Crippen LogP contribution in [0, 0.1) is 11.3 Å². The van der Waals surface area contributed by atoms with Crippen molar-refractivity contribution in [1.82, 2.24) is 19.6 Å². The van der Waals surface area contributed by atoms with Gasteiger partial charge in [0.05, 0.1) is 12.8 Å². The summed E-state index contributed by atoms with van der Waals surface area (Å²) in [7, 11) is -4.85. The molecule has 1 aliphatic heterocycles. The number of fused-ring (bicyclic) bond motifs is 1. The number of aromatic nitrogens is 4. The van der Waals surface area contributed by atoms with E-state index in [4.69, 9.17) is 20.3 Å². The van der Waals surface area contributed by atoms with Crippen molar-refractivity contribution in [2.24, 2.45) is 0 Å². The lowest BCUT2D eigenvalue weighted by molar-refractivity contribution is -0.109. The van der Waals surface area contributed by atoms with E-state index in [9.17, 15) is 20.0 Å². The van der Waals surface area contributed by atoms with Gasteiger partial charge in [-0.15, -0.1) is 0 Å². The van der Waals surface area contributed by atoms with Crippen molar-refractivity contribution in [3.63, 3.8) is 0 Å². The van der Waals surface area contributed by atoms with E-state index in [1.165, 1.54) is 6.20 Å².